The van der Waals surface area contributed by atoms with Crippen LogP contribution in [0.5, 0.6) is 0 Å². The first kappa shape index (κ1) is 11.5. The first-order chi connectivity index (χ1) is 6.60. The van der Waals surface area contributed by atoms with Gasteiger partial charge in [-0.2, -0.15) is 0 Å². The smallest absolute Gasteiger partial charge is 0.0816 e. The third kappa shape index (κ3) is 2.46. The van der Waals surface area contributed by atoms with Crippen LogP contribution in [0.15, 0.2) is 17.1 Å². The van der Waals surface area contributed by atoms with Crippen molar-refractivity contribution < 1.29 is 0 Å². The van der Waals surface area contributed by atoms with Gasteiger partial charge in [0.1, 0.15) is 0 Å². The first-order valence-electron chi connectivity index (χ1n) is 5.84. The van der Waals surface area contributed by atoms with E-state index in [9.17, 15) is 0 Å². The van der Waals surface area contributed by atoms with Gasteiger partial charge >= 0.3 is 0 Å². The zero-order chi connectivity index (χ0) is 10.6. The molecule has 1 heterocycles. The highest BCUT2D eigenvalue weighted by Gasteiger charge is 2.33. The second-order valence-corrected chi connectivity index (χ2v) is 4.91. The van der Waals surface area contributed by atoms with Crippen molar-refractivity contribution in [2.24, 2.45) is 16.8 Å². The van der Waals surface area contributed by atoms with Crippen molar-refractivity contribution in [3.63, 3.8) is 0 Å². The van der Waals surface area contributed by atoms with Crippen LogP contribution in [-0.2, 0) is 0 Å². The van der Waals surface area contributed by atoms with Crippen LogP contribution in [0, 0.1) is 11.8 Å². The maximum Gasteiger partial charge on any atom is 0.0816 e. The highest BCUT2D eigenvalue weighted by atomic mass is 14.9. The Kier molecular flexibility index (Phi) is 3.91. The molecule has 0 N–H and O–H groups in total. The van der Waals surface area contributed by atoms with Crippen molar-refractivity contribution in [1.82, 2.24) is 0 Å². The lowest BCUT2D eigenvalue weighted by Gasteiger charge is -2.32. The molecule has 1 aliphatic rings. The topological polar surface area (TPSA) is 12.4 Å². The maximum absolute atomic E-state index is 4.67. The number of aliphatic imine (C=N–C) groups is 1. The Morgan fingerprint density at radius 1 is 1.29 bits per heavy atom. The monoisotopic (exact) mass is 193 g/mol. The summed E-state index contributed by atoms with van der Waals surface area (Å²) in [6.07, 6.45) is 10.0. The predicted octanol–water partition coefficient (Wildman–Crippen LogP) is 3.85. The largest absolute Gasteiger partial charge is 0.282 e. The van der Waals surface area contributed by atoms with Gasteiger partial charge in [-0.25, -0.2) is 0 Å². The van der Waals surface area contributed by atoms with E-state index >= 15 is 0 Å². The molecule has 0 amide bonds. The Bertz CT molecular complexity index is 213. The normalized spacial score (nSPS) is 27.5. The summed E-state index contributed by atoms with van der Waals surface area (Å²) < 4.78 is 0. The third-order valence-corrected chi connectivity index (χ3v) is 3.11. The van der Waals surface area contributed by atoms with Crippen LogP contribution in [0.25, 0.3) is 0 Å². The van der Waals surface area contributed by atoms with Crippen molar-refractivity contribution in [2.45, 2.75) is 52.5 Å². The van der Waals surface area contributed by atoms with Crippen molar-refractivity contribution in [3.05, 3.63) is 12.2 Å². The van der Waals surface area contributed by atoms with Gasteiger partial charge in [-0.05, 0) is 30.8 Å². The molecule has 1 heteroatoms. The minimum atomic E-state index is 0.124. The second-order valence-electron chi connectivity index (χ2n) is 4.91. The summed E-state index contributed by atoms with van der Waals surface area (Å²) in [5, 5.41) is 0. The summed E-state index contributed by atoms with van der Waals surface area (Å²) >= 11 is 0. The van der Waals surface area contributed by atoms with Crippen LogP contribution in [0.4, 0.5) is 0 Å². The van der Waals surface area contributed by atoms with Gasteiger partial charge in [-0.3, -0.25) is 4.99 Å². The maximum atomic E-state index is 4.67. The fourth-order valence-corrected chi connectivity index (χ4v) is 2.43. The molecule has 0 fully saturated rings. The molecule has 0 aliphatic carbocycles. The van der Waals surface area contributed by atoms with Gasteiger partial charge in [0, 0.05) is 6.21 Å². The molecule has 0 aromatic rings. The third-order valence-electron chi connectivity index (χ3n) is 3.11. The summed E-state index contributed by atoms with van der Waals surface area (Å²) in [4.78, 5) is 4.67. The molecule has 1 aliphatic heterocycles. The van der Waals surface area contributed by atoms with E-state index in [0.29, 0.717) is 5.92 Å². The van der Waals surface area contributed by atoms with Crippen molar-refractivity contribution >= 4 is 6.21 Å². The molecule has 1 rings (SSSR count). The summed E-state index contributed by atoms with van der Waals surface area (Å²) in [5.74, 6) is 1.43. The molecule has 0 spiro atoms. The Morgan fingerprint density at radius 2 is 2.00 bits per heavy atom. The minimum absolute atomic E-state index is 0.124. The quantitative estimate of drug-likeness (QED) is 0.629. The molecule has 0 saturated carbocycles. The van der Waals surface area contributed by atoms with E-state index in [1.807, 2.05) is 6.21 Å². The highest BCUT2D eigenvalue weighted by Crippen LogP contribution is 2.35. The number of hydrogen-bond acceptors (Lipinski definition) is 1. The zero-order valence-corrected chi connectivity index (χ0v) is 9.96. The van der Waals surface area contributed by atoms with Crippen LogP contribution in [0.3, 0.4) is 0 Å². The SMILES string of the molecule is CCCC1(C(C)CC(C)C)C=CC=N1. The molecule has 2 unspecified atom stereocenters. The lowest BCUT2D eigenvalue weighted by atomic mass is 9.78. The van der Waals surface area contributed by atoms with E-state index in [1.54, 1.807) is 0 Å². The molecule has 2 atom stereocenters. The molecule has 0 aromatic heterocycles. The molecule has 1 nitrogen and oxygen atoms in total. The first-order valence-corrected chi connectivity index (χ1v) is 5.84. The summed E-state index contributed by atoms with van der Waals surface area (Å²) in [5.41, 5.74) is 0.124. The minimum Gasteiger partial charge on any atom is -0.282 e. The number of nitrogens with zero attached hydrogens (tertiary/aromatic N) is 1. The van der Waals surface area contributed by atoms with E-state index < -0.39 is 0 Å². The van der Waals surface area contributed by atoms with Crippen LogP contribution < -0.4 is 0 Å². The van der Waals surface area contributed by atoms with Crippen LogP contribution in [0.2, 0.25) is 0 Å². The van der Waals surface area contributed by atoms with Gasteiger partial charge in [-0.15, -0.1) is 0 Å². The van der Waals surface area contributed by atoms with E-state index in [-0.39, 0.29) is 5.54 Å². The van der Waals surface area contributed by atoms with Gasteiger partial charge in [0.15, 0.2) is 0 Å². The molecule has 0 bridgehead atoms. The van der Waals surface area contributed by atoms with Gasteiger partial charge in [0.05, 0.1) is 5.54 Å². The van der Waals surface area contributed by atoms with Crippen molar-refractivity contribution in [3.8, 4) is 0 Å². The lowest BCUT2D eigenvalue weighted by molar-refractivity contribution is 0.292. The van der Waals surface area contributed by atoms with Gasteiger partial charge in [-0.1, -0.05) is 40.2 Å². The lowest BCUT2D eigenvalue weighted by Crippen LogP contribution is -2.31. The van der Waals surface area contributed by atoms with Crippen LogP contribution in [0.1, 0.15) is 47.0 Å². The molecular weight excluding hydrogens is 170 g/mol. The average Bonchev–Trinajstić information content (AvgIpc) is 2.53. The standard InChI is InChI=1S/C13H23N/c1-5-7-13(8-6-9-14-13)12(4)10-11(2)3/h6,8-9,11-12H,5,7,10H2,1-4H3. The number of rotatable bonds is 5. The summed E-state index contributed by atoms with van der Waals surface area (Å²) in [6, 6.07) is 0. The molecule has 14 heavy (non-hydrogen) atoms. The van der Waals surface area contributed by atoms with Crippen molar-refractivity contribution in [2.75, 3.05) is 0 Å². The molecular formula is C13H23N. The Balaban J connectivity index is 2.68. The highest BCUT2D eigenvalue weighted by molar-refractivity contribution is 5.75. The second kappa shape index (κ2) is 4.77. The van der Waals surface area contributed by atoms with Crippen LogP contribution in [-0.4, -0.2) is 11.8 Å². The molecule has 0 aromatic carbocycles. The summed E-state index contributed by atoms with van der Waals surface area (Å²) in [6.45, 7) is 9.16. The fourth-order valence-electron chi connectivity index (χ4n) is 2.43. The number of allylic oxidation sites excluding steroid dienone is 1. The predicted molar refractivity (Wildman–Crippen MR) is 63.9 cm³/mol. The summed E-state index contributed by atoms with van der Waals surface area (Å²) in [7, 11) is 0. The fraction of sp³-hybridized carbons (Fsp3) is 0.769. The average molecular weight is 193 g/mol. The van der Waals surface area contributed by atoms with Gasteiger partial charge in [0.2, 0.25) is 0 Å². The van der Waals surface area contributed by atoms with E-state index in [0.717, 1.165) is 5.92 Å². The Labute approximate surface area is 88.3 Å². The van der Waals surface area contributed by atoms with Crippen molar-refractivity contribution in [1.29, 1.82) is 0 Å². The van der Waals surface area contributed by atoms with Crippen LogP contribution >= 0.6 is 0 Å². The zero-order valence-electron chi connectivity index (χ0n) is 9.96. The van der Waals surface area contributed by atoms with E-state index in [1.165, 1.54) is 19.3 Å². The number of hydrogen-bond donors (Lipinski definition) is 0. The van der Waals surface area contributed by atoms with Gasteiger partial charge < -0.3 is 0 Å². The Hall–Kier alpha value is -0.590. The molecule has 80 valence electrons. The van der Waals surface area contributed by atoms with Gasteiger partial charge in [0.25, 0.3) is 0 Å². The van der Waals surface area contributed by atoms with E-state index in [4.69, 9.17) is 0 Å². The molecule has 0 radical (unpaired) electrons. The Morgan fingerprint density at radius 3 is 2.43 bits per heavy atom. The van der Waals surface area contributed by atoms with E-state index in [2.05, 4.69) is 44.8 Å². The molecule has 0 saturated heterocycles.